The average Bonchev–Trinajstić information content (AvgIpc) is 3.70. The first-order valence-electron chi connectivity index (χ1n) is 18.3. The highest BCUT2D eigenvalue weighted by Gasteiger charge is 2.14. The van der Waals surface area contributed by atoms with Crippen molar-refractivity contribution in [3.05, 3.63) is 179 Å². The van der Waals surface area contributed by atoms with E-state index in [1.165, 1.54) is 71.0 Å². The highest BCUT2D eigenvalue weighted by molar-refractivity contribution is 5.91. The molecule has 0 unspecified atom stereocenters. The van der Waals surface area contributed by atoms with Gasteiger partial charge in [-0.3, -0.25) is 0 Å². The lowest BCUT2D eigenvalue weighted by molar-refractivity contribution is 1.02. The predicted molar refractivity (Wildman–Crippen MR) is 222 cm³/mol. The first kappa shape index (κ1) is 31.6. The van der Waals surface area contributed by atoms with E-state index in [0.29, 0.717) is 0 Å². The molecule has 0 amide bonds. The zero-order valence-electron chi connectivity index (χ0n) is 29.5. The molecule has 0 saturated heterocycles. The molecular weight excluding hydrogens is 631 g/mol. The Bertz CT molecular complexity index is 2830. The number of hydrogen-bond acceptors (Lipinski definition) is 1. The average molecular weight is 672 g/mol. The SMILES string of the molecule is C=C1/C=C\C=C/Nc2ccc(-c3ccc4c(c3)c3c(n4-c4ccccc4)=CCCC=3)cc21.Cc1ccc2c(c1)c1c(n2-c2ccccc2)=CCCC=1. The van der Waals surface area contributed by atoms with Crippen molar-refractivity contribution in [2.75, 3.05) is 5.32 Å². The van der Waals surface area contributed by atoms with Crippen LogP contribution in [0.15, 0.2) is 146 Å². The number of aromatic nitrogens is 2. The minimum atomic E-state index is 1.01. The van der Waals surface area contributed by atoms with Crippen molar-refractivity contribution in [1.82, 2.24) is 9.13 Å². The van der Waals surface area contributed by atoms with E-state index in [0.717, 1.165) is 42.5 Å². The molecule has 0 atom stereocenters. The first-order valence-corrected chi connectivity index (χ1v) is 18.3. The van der Waals surface area contributed by atoms with Crippen LogP contribution in [0.1, 0.15) is 36.8 Å². The molecule has 7 aromatic rings. The molecule has 3 nitrogen and oxygen atoms in total. The van der Waals surface area contributed by atoms with E-state index in [1.807, 2.05) is 18.4 Å². The fraction of sp³-hybridized carbons (Fsp3) is 0.102. The van der Waals surface area contributed by atoms with Crippen LogP contribution in [-0.4, -0.2) is 9.13 Å². The Balaban J connectivity index is 0.000000154. The molecule has 2 aliphatic carbocycles. The summed E-state index contributed by atoms with van der Waals surface area (Å²) >= 11 is 0. The Morgan fingerprint density at radius 3 is 1.77 bits per heavy atom. The van der Waals surface area contributed by atoms with Crippen LogP contribution in [0.5, 0.6) is 0 Å². The number of anilines is 1. The fourth-order valence-corrected chi connectivity index (χ4v) is 7.97. The van der Waals surface area contributed by atoms with Crippen LogP contribution in [0.4, 0.5) is 5.69 Å². The molecule has 0 bridgehead atoms. The van der Waals surface area contributed by atoms with E-state index in [4.69, 9.17) is 0 Å². The van der Waals surface area contributed by atoms with E-state index >= 15 is 0 Å². The molecule has 52 heavy (non-hydrogen) atoms. The van der Waals surface area contributed by atoms with Gasteiger partial charge in [0.1, 0.15) is 0 Å². The molecule has 0 radical (unpaired) electrons. The summed E-state index contributed by atoms with van der Waals surface area (Å²) in [7, 11) is 0. The van der Waals surface area contributed by atoms with Gasteiger partial charge >= 0.3 is 0 Å². The van der Waals surface area contributed by atoms with Crippen LogP contribution in [0, 0.1) is 6.92 Å². The molecule has 0 fully saturated rings. The summed E-state index contributed by atoms with van der Waals surface area (Å²) in [5.41, 5.74) is 12.0. The Morgan fingerprint density at radius 1 is 0.558 bits per heavy atom. The van der Waals surface area contributed by atoms with Crippen LogP contribution >= 0.6 is 0 Å². The van der Waals surface area contributed by atoms with Gasteiger partial charge in [-0.1, -0.05) is 103 Å². The summed E-state index contributed by atoms with van der Waals surface area (Å²) in [4.78, 5) is 0. The molecule has 3 heterocycles. The van der Waals surface area contributed by atoms with Crippen molar-refractivity contribution in [3.63, 3.8) is 0 Å². The van der Waals surface area contributed by atoms with Gasteiger partial charge in [0.15, 0.2) is 0 Å². The summed E-state index contributed by atoms with van der Waals surface area (Å²) in [6.07, 6.45) is 22.0. The normalized spacial score (nSPS) is 15.4. The molecule has 1 N–H and O–H groups in total. The third-order valence-electron chi connectivity index (χ3n) is 10.4. The van der Waals surface area contributed by atoms with Crippen molar-refractivity contribution in [1.29, 1.82) is 0 Å². The zero-order valence-corrected chi connectivity index (χ0v) is 29.5. The highest BCUT2D eigenvalue weighted by atomic mass is 15.0. The number of para-hydroxylation sites is 2. The molecule has 10 rings (SSSR count). The second-order valence-corrected chi connectivity index (χ2v) is 13.8. The Kier molecular flexibility index (Phi) is 8.17. The zero-order chi connectivity index (χ0) is 35.0. The molecule has 3 aliphatic rings. The van der Waals surface area contributed by atoms with E-state index in [-0.39, 0.29) is 0 Å². The van der Waals surface area contributed by atoms with Crippen LogP contribution in [0.25, 0.3) is 74.2 Å². The van der Waals surface area contributed by atoms with Crippen molar-refractivity contribution in [3.8, 4) is 22.5 Å². The molecule has 0 saturated carbocycles. The van der Waals surface area contributed by atoms with E-state index < -0.39 is 0 Å². The van der Waals surface area contributed by atoms with E-state index in [1.54, 1.807) is 0 Å². The largest absolute Gasteiger partial charge is 0.361 e. The van der Waals surface area contributed by atoms with Gasteiger partial charge in [0, 0.05) is 60.7 Å². The number of fused-ring (bicyclic) bond motifs is 7. The van der Waals surface area contributed by atoms with Crippen molar-refractivity contribution < 1.29 is 0 Å². The minimum Gasteiger partial charge on any atom is -0.361 e. The number of rotatable bonds is 3. The fourth-order valence-electron chi connectivity index (χ4n) is 7.97. The van der Waals surface area contributed by atoms with Crippen LogP contribution in [0.3, 0.4) is 0 Å². The monoisotopic (exact) mass is 671 g/mol. The molecule has 5 aromatic carbocycles. The minimum absolute atomic E-state index is 1.01. The summed E-state index contributed by atoms with van der Waals surface area (Å²) in [5.74, 6) is 0. The molecular formula is C49H41N3. The topological polar surface area (TPSA) is 21.9 Å². The number of nitrogens with one attached hydrogen (secondary N) is 1. The van der Waals surface area contributed by atoms with Gasteiger partial charge in [0.25, 0.3) is 0 Å². The third kappa shape index (κ3) is 5.65. The van der Waals surface area contributed by atoms with Gasteiger partial charge < -0.3 is 14.5 Å². The Hall–Kier alpha value is -6.32. The van der Waals surface area contributed by atoms with E-state index in [9.17, 15) is 0 Å². The summed E-state index contributed by atoms with van der Waals surface area (Å²) in [6.45, 7) is 6.43. The third-order valence-corrected chi connectivity index (χ3v) is 10.4. The maximum absolute atomic E-state index is 4.26. The van der Waals surface area contributed by atoms with Gasteiger partial charge in [-0.15, -0.1) is 0 Å². The van der Waals surface area contributed by atoms with Crippen LogP contribution < -0.4 is 26.5 Å². The van der Waals surface area contributed by atoms with Gasteiger partial charge in [0.2, 0.25) is 0 Å². The molecule has 0 spiro atoms. The highest BCUT2D eigenvalue weighted by Crippen LogP contribution is 2.32. The lowest BCUT2D eigenvalue weighted by Crippen LogP contribution is -2.30. The lowest BCUT2D eigenvalue weighted by atomic mass is 9.96. The van der Waals surface area contributed by atoms with Gasteiger partial charge in [-0.05, 0) is 116 Å². The number of hydrogen-bond donors (Lipinski definition) is 1. The molecule has 1 aliphatic heterocycles. The summed E-state index contributed by atoms with van der Waals surface area (Å²) < 4.78 is 4.79. The van der Waals surface area contributed by atoms with Crippen LogP contribution in [0.2, 0.25) is 0 Å². The first-order chi connectivity index (χ1) is 25.6. The molecule has 252 valence electrons. The summed E-state index contributed by atoms with van der Waals surface area (Å²) in [5, 5.41) is 11.5. The Labute approximate surface area is 304 Å². The number of nitrogens with zero attached hydrogens (tertiary/aromatic N) is 2. The number of benzene rings is 5. The Morgan fingerprint density at radius 2 is 1.12 bits per heavy atom. The van der Waals surface area contributed by atoms with Crippen molar-refractivity contribution >= 4 is 57.4 Å². The maximum atomic E-state index is 4.26. The number of aryl methyl sites for hydroxylation is 1. The van der Waals surface area contributed by atoms with Crippen LogP contribution in [-0.2, 0) is 0 Å². The quantitative estimate of drug-likeness (QED) is 0.199. The smallest absolute Gasteiger partial charge is 0.0541 e. The van der Waals surface area contributed by atoms with Crippen molar-refractivity contribution in [2.24, 2.45) is 0 Å². The van der Waals surface area contributed by atoms with E-state index in [2.05, 4.69) is 174 Å². The maximum Gasteiger partial charge on any atom is 0.0541 e. The summed E-state index contributed by atoms with van der Waals surface area (Å²) in [6, 6.07) is 41.5. The molecule has 2 aromatic heterocycles. The predicted octanol–water partition coefficient (Wildman–Crippen LogP) is 9.45. The van der Waals surface area contributed by atoms with Gasteiger partial charge in [-0.25, -0.2) is 0 Å². The standard InChI is InChI=1S/C30H24N2.C19H17N/c1-21-9-7-8-18-31-28-16-14-22(19-26(21)28)23-15-17-30-27(20-23)25-12-5-6-13-29(25)32(30)24-10-3-2-4-11-24;1-14-11-12-19-17(13-14)16-9-5-6-10-18(16)20(19)15-7-3-2-4-8-15/h2-4,7-20,31H,1,5-6H2;2-4,7-13H,5-6H2,1H3/b9-7-,18-8-;. The lowest BCUT2D eigenvalue weighted by Gasteiger charge is -2.14. The molecule has 3 heteroatoms. The second-order valence-electron chi connectivity index (χ2n) is 13.8. The number of allylic oxidation sites excluding steroid dienone is 4. The van der Waals surface area contributed by atoms with Gasteiger partial charge in [-0.2, -0.15) is 0 Å². The second kappa shape index (κ2) is 13.4. The van der Waals surface area contributed by atoms with Gasteiger partial charge in [0.05, 0.1) is 11.0 Å². The van der Waals surface area contributed by atoms with Crippen molar-refractivity contribution in [2.45, 2.75) is 32.6 Å².